The van der Waals surface area contributed by atoms with E-state index < -0.39 is 0 Å². The molecule has 3 heterocycles. The Labute approximate surface area is 178 Å². The first-order chi connectivity index (χ1) is 14.5. The molecule has 0 unspecified atom stereocenters. The summed E-state index contributed by atoms with van der Waals surface area (Å²) in [5, 5.41) is 4.69. The summed E-state index contributed by atoms with van der Waals surface area (Å²) in [4.78, 5) is 25.0. The zero-order valence-corrected chi connectivity index (χ0v) is 17.6. The molecule has 0 aliphatic carbocycles. The van der Waals surface area contributed by atoms with Gasteiger partial charge in [-0.15, -0.1) is 0 Å². The number of carbonyl (C=O) groups is 1. The van der Waals surface area contributed by atoms with Crippen molar-refractivity contribution in [2.75, 3.05) is 42.6 Å². The summed E-state index contributed by atoms with van der Waals surface area (Å²) in [5.74, 6) is 0.600. The number of rotatable bonds is 5. The van der Waals surface area contributed by atoms with Gasteiger partial charge in [-0.2, -0.15) is 14.6 Å². The highest BCUT2D eigenvalue weighted by Crippen LogP contribution is 2.28. The van der Waals surface area contributed by atoms with E-state index >= 15 is 0 Å². The predicted octanol–water partition coefficient (Wildman–Crippen LogP) is 2.66. The quantitative estimate of drug-likeness (QED) is 0.573. The van der Waals surface area contributed by atoms with Gasteiger partial charge in [0.25, 0.3) is 5.78 Å². The first kappa shape index (κ1) is 20.3. The molecule has 30 heavy (non-hydrogen) atoms. The van der Waals surface area contributed by atoms with Crippen LogP contribution in [0.4, 0.5) is 15.9 Å². The number of aryl methyl sites for hydroxylation is 1. The summed E-state index contributed by atoms with van der Waals surface area (Å²) >= 11 is 5.87. The Morgan fingerprint density at radius 2 is 1.97 bits per heavy atom. The molecule has 8 nitrogen and oxygen atoms in total. The van der Waals surface area contributed by atoms with Gasteiger partial charge in [0.2, 0.25) is 0 Å². The van der Waals surface area contributed by atoms with Crippen molar-refractivity contribution in [1.29, 1.82) is 0 Å². The second-order valence-corrected chi connectivity index (χ2v) is 7.46. The van der Waals surface area contributed by atoms with Gasteiger partial charge in [0, 0.05) is 42.5 Å². The van der Waals surface area contributed by atoms with Gasteiger partial charge in [0.05, 0.1) is 18.7 Å². The molecular formula is C20H22ClFN6O2. The third kappa shape index (κ3) is 3.89. The number of hydrogen-bond donors (Lipinski definition) is 0. The van der Waals surface area contributed by atoms with Crippen LogP contribution in [0.1, 0.15) is 18.2 Å². The van der Waals surface area contributed by atoms with Crippen LogP contribution in [0.5, 0.6) is 0 Å². The van der Waals surface area contributed by atoms with Crippen LogP contribution in [-0.4, -0.2) is 58.3 Å². The summed E-state index contributed by atoms with van der Waals surface area (Å²) in [7, 11) is 0. The van der Waals surface area contributed by atoms with Gasteiger partial charge in [-0.3, -0.25) is 4.79 Å². The molecule has 1 fully saturated rings. The van der Waals surface area contributed by atoms with Crippen molar-refractivity contribution in [3.8, 4) is 0 Å². The van der Waals surface area contributed by atoms with E-state index in [2.05, 4.69) is 20.0 Å². The third-order valence-corrected chi connectivity index (χ3v) is 5.40. The highest BCUT2D eigenvalue weighted by atomic mass is 35.5. The Hall–Kier alpha value is -2.94. The summed E-state index contributed by atoms with van der Waals surface area (Å²) in [6.45, 7) is 6.40. The van der Waals surface area contributed by atoms with Gasteiger partial charge in [0.15, 0.2) is 0 Å². The number of carbonyl (C=O) groups excluding carboxylic acids is 1. The van der Waals surface area contributed by atoms with E-state index in [-0.39, 0.29) is 18.2 Å². The van der Waals surface area contributed by atoms with Gasteiger partial charge in [0.1, 0.15) is 18.0 Å². The van der Waals surface area contributed by atoms with Crippen molar-refractivity contribution in [2.24, 2.45) is 0 Å². The highest BCUT2D eigenvalue weighted by Gasteiger charge is 2.26. The number of aromatic nitrogens is 4. The molecule has 3 aromatic rings. The van der Waals surface area contributed by atoms with E-state index in [4.69, 9.17) is 16.3 Å². The van der Waals surface area contributed by atoms with Crippen molar-refractivity contribution >= 4 is 34.9 Å². The molecular weight excluding hydrogens is 411 g/mol. The zero-order valence-electron chi connectivity index (χ0n) is 16.8. The number of halogens is 2. The first-order valence-corrected chi connectivity index (χ1v) is 10.2. The number of ether oxygens (including phenoxy) is 1. The maximum absolute atomic E-state index is 14.3. The number of fused-ring (bicyclic) bond motifs is 1. The van der Waals surface area contributed by atoms with Gasteiger partial charge in [-0.1, -0.05) is 11.6 Å². The Morgan fingerprint density at radius 1 is 1.23 bits per heavy atom. The van der Waals surface area contributed by atoms with Crippen LogP contribution in [0, 0.1) is 12.7 Å². The molecule has 0 N–H and O–H groups in total. The van der Waals surface area contributed by atoms with Crippen molar-refractivity contribution in [2.45, 2.75) is 20.3 Å². The van der Waals surface area contributed by atoms with Gasteiger partial charge in [-0.25, -0.2) is 9.37 Å². The highest BCUT2D eigenvalue weighted by molar-refractivity contribution is 6.30. The Bertz CT molecular complexity index is 1080. The monoisotopic (exact) mass is 432 g/mol. The summed E-state index contributed by atoms with van der Waals surface area (Å²) in [5.41, 5.74) is 2.00. The fourth-order valence-electron chi connectivity index (χ4n) is 3.75. The maximum atomic E-state index is 14.3. The maximum Gasteiger partial charge on any atom is 0.310 e. The SMILES string of the molecule is CCOC(=O)Cc1c(C)nc2ncnn2c1N1CCN(c2ccc(Cl)cc2F)CC1. The van der Waals surface area contributed by atoms with Crippen molar-refractivity contribution in [1.82, 2.24) is 19.6 Å². The molecule has 0 spiro atoms. The topological polar surface area (TPSA) is 75.9 Å². The molecule has 158 valence electrons. The molecule has 1 aliphatic heterocycles. The van der Waals surface area contributed by atoms with E-state index in [1.165, 1.54) is 12.4 Å². The van der Waals surface area contributed by atoms with Crippen LogP contribution in [-0.2, 0) is 16.0 Å². The van der Waals surface area contributed by atoms with E-state index in [0.717, 1.165) is 11.4 Å². The molecule has 4 rings (SSSR count). The Morgan fingerprint density at radius 3 is 2.67 bits per heavy atom. The minimum Gasteiger partial charge on any atom is -0.466 e. The molecule has 0 bridgehead atoms. The molecule has 0 radical (unpaired) electrons. The lowest BCUT2D eigenvalue weighted by atomic mass is 10.1. The lowest BCUT2D eigenvalue weighted by molar-refractivity contribution is -0.142. The number of nitrogens with zero attached hydrogens (tertiary/aromatic N) is 6. The lowest BCUT2D eigenvalue weighted by Crippen LogP contribution is -2.48. The average molecular weight is 433 g/mol. The summed E-state index contributed by atoms with van der Waals surface area (Å²) in [6.07, 6.45) is 1.54. The number of anilines is 2. The standard InChI is InChI=1S/C20H22ClFN6O2/c1-3-30-18(29)11-15-13(2)25-20-23-12-24-28(20)19(15)27-8-6-26(7-9-27)17-5-4-14(21)10-16(17)22/h4-5,10,12H,3,6-9,11H2,1-2H3. The molecule has 1 saturated heterocycles. The Balaban J connectivity index is 1.63. The second-order valence-electron chi connectivity index (χ2n) is 7.02. The van der Waals surface area contributed by atoms with Crippen LogP contribution in [0.25, 0.3) is 5.78 Å². The van der Waals surface area contributed by atoms with Crippen LogP contribution < -0.4 is 9.80 Å². The fourth-order valence-corrected chi connectivity index (χ4v) is 3.91. The van der Waals surface area contributed by atoms with E-state index in [1.54, 1.807) is 23.6 Å². The number of esters is 1. The second kappa shape index (κ2) is 8.43. The first-order valence-electron chi connectivity index (χ1n) is 9.77. The van der Waals surface area contributed by atoms with E-state index in [1.807, 2.05) is 11.8 Å². The average Bonchev–Trinajstić information content (AvgIpc) is 3.17. The van der Waals surface area contributed by atoms with Crippen LogP contribution in [0.15, 0.2) is 24.5 Å². The summed E-state index contributed by atoms with van der Waals surface area (Å²) < 4.78 is 21.1. The van der Waals surface area contributed by atoms with E-state index in [9.17, 15) is 9.18 Å². The van der Waals surface area contributed by atoms with Crippen molar-refractivity contribution in [3.05, 3.63) is 46.6 Å². The van der Waals surface area contributed by atoms with Crippen LogP contribution >= 0.6 is 11.6 Å². The molecule has 0 saturated carbocycles. The largest absolute Gasteiger partial charge is 0.466 e. The van der Waals surface area contributed by atoms with Crippen molar-refractivity contribution < 1.29 is 13.9 Å². The zero-order chi connectivity index (χ0) is 21.3. The number of benzene rings is 1. The number of piperazine rings is 1. The third-order valence-electron chi connectivity index (χ3n) is 5.16. The molecule has 1 aromatic carbocycles. The normalized spacial score (nSPS) is 14.4. The van der Waals surface area contributed by atoms with Crippen LogP contribution in [0.3, 0.4) is 0 Å². The molecule has 10 heteroatoms. The predicted molar refractivity (Wildman–Crippen MR) is 112 cm³/mol. The smallest absolute Gasteiger partial charge is 0.310 e. The molecule has 0 atom stereocenters. The van der Waals surface area contributed by atoms with Crippen molar-refractivity contribution in [3.63, 3.8) is 0 Å². The molecule has 1 aliphatic rings. The molecule has 2 aromatic heterocycles. The van der Waals surface area contributed by atoms with Crippen LogP contribution in [0.2, 0.25) is 5.02 Å². The van der Waals surface area contributed by atoms with Gasteiger partial charge < -0.3 is 14.5 Å². The fraction of sp³-hybridized carbons (Fsp3) is 0.400. The van der Waals surface area contributed by atoms with Gasteiger partial charge >= 0.3 is 5.97 Å². The molecule has 0 amide bonds. The minimum atomic E-state index is -0.336. The van der Waals surface area contributed by atoms with Gasteiger partial charge in [-0.05, 0) is 32.0 Å². The summed E-state index contributed by atoms with van der Waals surface area (Å²) in [6, 6.07) is 4.71. The lowest BCUT2D eigenvalue weighted by Gasteiger charge is -2.38. The van der Waals surface area contributed by atoms with E-state index in [0.29, 0.717) is 55.0 Å². The minimum absolute atomic E-state index is 0.101. The Kier molecular flexibility index (Phi) is 5.72. The number of hydrogen-bond acceptors (Lipinski definition) is 7.